The van der Waals surface area contributed by atoms with Gasteiger partial charge in [-0.2, -0.15) is 0 Å². The molecule has 1 N–H and O–H groups in total. The average Bonchev–Trinajstić information content (AvgIpc) is 3.58. The second kappa shape index (κ2) is 8.77. The van der Waals surface area contributed by atoms with Crippen LogP contribution in [0.2, 0.25) is 0 Å². The van der Waals surface area contributed by atoms with Crippen molar-refractivity contribution in [2.75, 3.05) is 26.3 Å². The molecule has 1 aliphatic carbocycles. The topological polar surface area (TPSA) is 67.9 Å². The fourth-order valence-electron chi connectivity index (χ4n) is 5.60. The molecule has 1 saturated heterocycles. The molecule has 3 aromatic carbocycles. The van der Waals surface area contributed by atoms with Crippen molar-refractivity contribution in [3.05, 3.63) is 83.4 Å². The Hall–Kier alpha value is -3.80. The van der Waals surface area contributed by atoms with E-state index >= 15 is 0 Å². The molecule has 178 valence electrons. The zero-order chi connectivity index (χ0) is 23.9. The van der Waals surface area contributed by atoms with Crippen LogP contribution in [0.1, 0.15) is 32.7 Å². The molecule has 2 aliphatic heterocycles. The first kappa shape index (κ1) is 21.7. The van der Waals surface area contributed by atoms with Gasteiger partial charge in [-0.05, 0) is 60.1 Å². The van der Waals surface area contributed by atoms with E-state index in [0.717, 1.165) is 35.2 Å². The van der Waals surface area contributed by atoms with Crippen LogP contribution >= 0.6 is 0 Å². The molecule has 3 aromatic rings. The number of piperidine rings is 1. The van der Waals surface area contributed by atoms with Gasteiger partial charge in [0.1, 0.15) is 13.2 Å². The van der Waals surface area contributed by atoms with E-state index in [9.17, 15) is 9.59 Å². The summed E-state index contributed by atoms with van der Waals surface area (Å²) in [5.41, 5.74) is 4.29. The van der Waals surface area contributed by atoms with Crippen molar-refractivity contribution in [3.8, 4) is 22.6 Å². The molecule has 35 heavy (non-hydrogen) atoms. The minimum atomic E-state index is -0.204. The highest BCUT2D eigenvalue weighted by Gasteiger charge is 2.54. The molecule has 6 heteroatoms. The van der Waals surface area contributed by atoms with Crippen LogP contribution in [-0.2, 0) is 0 Å². The number of carbonyl (C=O) groups excluding carboxylic acids is 2. The summed E-state index contributed by atoms with van der Waals surface area (Å²) in [6.07, 6.45) is 1.11. The lowest BCUT2D eigenvalue weighted by molar-refractivity contribution is 0.0695. The molecule has 3 aliphatic rings. The Kier molecular flexibility index (Phi) is 5.44. The van der Waals surface area contributed by atoms with Gasteiger partial charge in [0.2, 0.25) is 0 Å². The van der Waals surface area contributed by atoms with Crippen molar-refractivity contribution in [2.45, 2.75) is 19.4 Å². The van der Waals surface area contributed by atoms with Crippen LogP contribution in [0.15, 0.2) is 66.7 Å². The lowest BCUT2D eigenvalue weighted by atomic mass is 9.94. The Balaban J connectivity index is 1.23. The molecule has 1 saturated carbocycles. The maximum Gasteiger partial charge on any atom is 0.255 e. The van der Waals surface area contributed by atoms with Crippen molar-refractivity contribution in [2.24, 2.45) is 11.8 Å². The van der Waals surface area contributed by atoms with Crippen LogP contribution in [-0.4, -0.2) is 49.1 Å². The van der Waals surface area contributed by atoms with E-state index in [1.807, 2.05) is 66.4 Å². The van der Waals surface area contributed by atoms with Crippen LogP contribution in [0.5, 0.6) is 11.5 Å². The highest BCUT2D eigenvalue weighted by atomic mass is 16.6. The monoisotopic (exact) mass is 468 g/mol. The summed E-state index contributed by atoms with van der Waals surface area (Å²) in [5.74, 6) is 1.88. The average molecular weight is 469 g/mol. The number of nitrogens with zero attached hydrogens (tertiary/aromatic N) is 1. The van der Waals surface area contributed by atoms with Gasteiger partial charge in [-0.1, -0.05) is 48.5 Å². The van der Waals surface area contributed by atoms with Gasteiger partial charge >= 0.3 is 0 Å². The first-order chi connectivity index (χ1) is 17.1. The molecule has 2 fully saturated rings. The fourth-order valence-corrected chi connectivity index (χ4v) is 5.60. The van der Waals surface area contributed by atoms with Gasteiger partial charge in [-0.15, -0.1) is 0 Å². The van der Waals surface area contributed by atoms with Gasteiger partial charge in [-0.25, -0.2) is 0 Å². The predicted octanol–water partition coefficient (Wildman–Crippen LogP) is 4.32. The zero-order valence-electron chi connectivity index (χ0n) is 19.7. The summed E-state index contributed by atoms with van der Waals surface area (Å²) < 4.78 is 11.3. The minimum absolute atomic E-state index is 0.0164. The van der Waals surface area contributed by atoms with Crippen molar-refractivity contribution in [1.29, 1.82) is 0 Å². The van der Waals surface area contributed by atoms with E-state index in [4.69, 9.17) is 9.47 Å². The molecule has 0 radical (unpaired) electrons. The Morgan fingerprint density at radius 3 is 2.57 bits per heavy atom. The smallest absolute Gasteiger partial charge is 0.255 e. The number of rotatable bonds is 5. The van der Waals surface area contributed by atoms with Gasteiger partial charge in [0, 0.05) is 18.7 Å². The Bertz CT molecular complexity index is 1290. The summed E-state index contributed by atoms with van der Waals surface area (Å²) >= 11 is 0. The first-order valence-corrected chi connectivity index (χ1v) is 12.2. The number of aryl methyl sites for hydroxylation is 1. The molecule has 0 bridgehead atoms. The SMILES string of the molecule is Cc1cccc(C(=O)N2C[C@H]3C[C@H]3[C@H]2CNC(=O)c2cccc3c2OCCO3)c1-c1ccccc1. The molecular formula is C29H28N2O4. The van der Waals surface area contributed by atoms with Crippen molar-refractivity contribution >= 4 is 11.8 Å². The highest BCUT2D eigenvalue weighted by molar-refractivity contribution is 6.02. The molecule has 3 atom stereocenters. The third-order valence-electron chi connectivity index (χ3n) is 7.41. The standard InChI is InChI=1S/C29H28N2O4/c1-18-7-5-10-21(26(18)19-8-3-2-4-9-19)29(33)31-17-20-15-23(20)24(31)16-30-28(32)22-11-6-12-25-27(22)35-14-13-34-25/h2-12,20,23-24H,13-17H2,1H3,(H,30,32)/t20-,23-,24-/m1/s1. The number of likely N-dealkylation sites (tertiary alicyclic amines) is 1. The van der Waals surface area contributed by atoms with Gasteiger partial charge < -0.3 is 19.7 Å². The second-order valence-corrected chi connectivity index (χ2v) is 9.59. The summed E-state index contributed by atoms with van der Waals surface area (Å²) in [5, 5.41) is 3.07. The van der Waals surface area contributed by atoms with Gasteiger partial charge in [0.15, 0.2) is 11.5 Å². The summed E-state index contributed by atoms with van der Waals surface area (Å²) in [4.78, 5) is 28.9. The van der Waals surface area contributed by atoms with Crippen molar-refractivity contribution < 1.29 is 19.1 Å². The number of hydrogen-bond acceptors (Lipinski definition) is 4. The second-order valence-electron chi connectivity index (χ2n) is 9.59. The van der Waals surface area contributed by atoms with Gasteiger partial charge in [-0.3, -0.25) is 9.59 Å². The van der Waals surface area contributed by atoms with Crippen LogP contribution in [0.3, 0.4) is 0 Å². The number of nitrogens with one attached hydrogen (secondary N) is 1. The third-order valence-corrected chi connectivity index (χ3v) is 7.41. The number of amides is 2. The van der Waals surface area contributed by atoms with E-state index in [1.165, 1.54) is 0 Å². The molecule has 2 heterocycles. The van der Waals surface area contributed by atoms with Crippen LogP contribution < -0.4 is 14.8 Å². The van der Waals surface area contributed by atoms with E-state index in [0.29, 0.717) is 48.7 Å². The minimum Gasteiger partial charge on any atom is -0.486 e. The largest absolute Gasteiger partial charge is 0.486 e. The van der Waals surface area contributed by atoms with Crippen LogP contribution in [0, 0.1) is 18.8 Å². The fraction of sp³-hybridized carbons (Fsp3) is 0.310. The maximum absolute atomic E-state index is 13.9. The molecule has 2 amide bonds. The normalized spacial score (nSPS) is 21.9. The number of carbonyl (C=O) groups is 2. The quantitative estimate of drug-likeness (QED) is 0.606. The molecular weight excluding hydrogens is 440 g/mol. The molecule has 0 unspecified atom stereocenters. The highest BCUT2D eigenvalue weighted by Crippen LogP contribution is 2.50. The zero-order valence-corrected chi connectivity index (χ0v) is 19.7. The van der Waals surface area contributed by atoms with Gasteiger partial charge in [0.05, 0.1) is 11.6 Å². The maximum atomic E-state index is 13.9. The van der Waals surface area contributed by atoms with Crippen molar-refractivity contribution in [1.82, 2.24) is 10.2 Å². The molecule has 6 rings (SSSR count). The summed E-state index contributed by atoms with van der Waals surface area (Å²) in [6.45, 7) is 4.10. The summed E-state index contributed by atoms with van der Waals surface area (Å²) in [7, 11) is 0. The number of ether oxygens (including phenoxy) is 2. The Morgan fingerprint density at radius 2 is 1.71 bits per heavy atom. The van der Waals surface area contributed by atoms with E-state index in [2.05, 4.69) is 5.32 Å². The van der Waals surface area contributed by atoms with Gasteiger partial charge in [0.25, 0.3) is 11.8 Å². The number of hydrogen-bond donors (Lipinski definition) is 1. The van der Waals surface area contributed by atoms with E-state index in [-0.39, 0.29) is 17.9 Å². The molecule has 0 aromatic heterocycles. The van der Waals surface area contributed by atoms with Crippen LogP contribution in [0.25, 0.3) is 11.1 Å². The summed E-state index contributed by atoms with van der Waals surface area (Å²) in [6, 6.07) is 21.3. The van der Waals surface area contributed by atoms with E-state index < -0.39 is 0 Å². The Morgan fingerprint density at radius 1 is 0.943 bits per heavy atom. The molecule has 6 nitrogen and oxygen atoms in total. The number of benzene rings is 3. The third kappa shape index (κ3) is 3.93. The number of fused-ring (bicyclic) bond motifs is 2. The van der Waals surface area contributed by atoms with Crippen LogP contribution in [0.4, 0.5) is 0 Å². The van der Waals surface area contributed by atoms with E-state index in [1.54, 1.807) is 12.1 Å². The molecule has 0 spiro atoms. The lowest BCUT2D eigenvalue weighted by Gasteiger charge is -2.29. The predicted molar refractivity (Wildman–Crippen MR) is 133 cm³/mol. The lowest BCUT2D eigenvalue weighted by Crippen LogP contribution is -2.45. The number of para-hydroxylation sites is 1. The van der Waals surface area contributed by atoms with Crippen molar-refractivity contribution in [3.63, 3.8) is 0 Å². The first-order valence-electron chi connectivity index (χ1n) is 12.2. The Labute approximate surface area is 204 Å².